The molecule has 0 aliphatic carbocycles. The fraction of sp³-hybridized carbons (Fsp3) is 0.625. The number of carbonyl (C=O) groups excluding carboxylic acids is 1. The molecule has 0 radical (unpaired) electrons. The molecule has 74 valence electrons. The minimum Gasteiger partial charge on any atom is -0.383 e. The molecule has 0 atom stereocenters. The summed E-state index contributed by atoms with van der Waals surface area (Å²) in [7, 11) is 6.00. The molecule has 0 aromatic heterocycles. The van der Waals surface area contributed by atoms with Gasteiger partial charge in [-0.15, -0.1) is 12.4 Å². The van der Waals surface area contributed by atoms with E-state index in [1.54, 1.807) is 0 Å². The summed E-state index contributed by atoms with van der Waals surface area (Å²) >= 11 is 0. The second-order valence-corrected chi connectivity index (χ2v) is 2.52. The molecular weight excluding hydrogens is 176 g/mol. The Labute approximate surface area is 81.2 Å². The van der Waals surface area contributed by atoms with E-state index in [0.29, 0.717) is 12.0 Å². The molecule has 0 bridgehead atoms. The zero-order valence-corrected chi connectivity index (χ0v) is 9.07. The van der Waals surface area contributed by atoms with Gasteiger partial charge >= 0.3 is 0 Å². The number of hydrogen-bond donors (Lipinski definition) is 1. The molecule has 0 aromatic carbocycles. The number of likely N-dealkylation sites (N-methyl/N-ethyl adjacent to an activating group) is 1. The lowest BCUT2D eigenvalue weighted by molar-refractivity contribution is -0.105. The third kappa shape index (κ3) is 34.0. The van der Waals surface area contributed by atoms with Gasteiger partial charge in [0.2, 0.25) is 0 Å². The highest BCUT2D eigenvalue weighted by molar-refractivity contribution is 5.85. The Balaban J connectivity index is -0.000000142. The van der Waals surface area contributed by atoms with Gasteiger partial charge in [-0.1, -0.05) is 6.58 Å². The van der Waals surface area contributed by atoms with Crippen LogP contribution in [0.25, 0.3) is 0 Å². The van der Waals surface area contributed by atoms with Gasteiger partial charge in [0.05, 0.1) is 5.70 Å². The van der Waals surface area contributed by atoms with Gasteiger partial charge in [0, 0.05) is 6.54 Å². The highest BCUT2D eigenvalue weighted by Crippen LogP contribution is 1.70. The Bertz CT molecular complexity index is 113. The topological polar surface area (TPSA) is 32.3 Å². The van der Waals surface area contributed by atoms with Crippen molar-refractivity contribution in [3.8, 4) is 0 Å². The summed E-state index contributed by atoms with van der Waals surface area (Å²) in [5, 5.41) is 2.73. The second kappa shape index (κ2) is 13.1. The van der Waals surface area contributed by atoms with Crippen molar-refractivity contribution in [2.24, 2.45) is 0 Å². The second-order valence-electron chi connectivity index (χ2n) is 2.52. The van der Waals surface area contributed by atoms with E-state index < -0.39 is 0 Å². The number of hydrogen-bond acceptors (Lipinski definition) is 3. The van der Waals surface area contributed by atoms with Gasteiger partial charge in [0.15, 0.2) is 6.29 Å². The highest BCUT2D eigenvalue weighted by Gasteiger charge is 1.79. The molecule has 0 spiro atoms. The minimum atomic E-state index is 0. The van der Waals surface area contributed by atoms with Crippen LogP contribution < -0.4 is 5.32 Å². The smallest absolute Gasteiger partial charge is 0.165 e. The zero-order chi connectivity index (χ0) is 9.28. The SMILES string of the molecule is C=C(C=O)NCC.CN(C)C.Cl. The van der Waals surface area contributed by atoms with E-state index in [9.17, 15) is 4.79 Å². The van der Waals surface area contributed by atoms with Gasteiger partial charge < -0.3 is 10.2 Å². The van der Waals surface area contributed by atoms with Gasteiger partial charge in [-0.05, 0) is 28.1 Å². The van der Waals surface area contributed by atoms with Crippen LogP contribution in [-0.2, 0) is 4.79 Å². The van der Waals surface area contributed by atoms with E-state index in [0.717, 1.165) is 6.54 Å². The Morgan fingerprint density at radius 1 is 1.50 bits per heavy atom. The molecule has 0 saturated heterocycles. The normalized spacial score (nSPS) is 7.42. The maximum atomic E-state index is 9.73. The van der Waals surface area contributed by atoms with Crippen molar-refractivity contribution in [2.75, 3.05) is 27.7 Å². The molecule has 0 aliphatic rings. The predicted octanol–water partition coefficient (Wildman–Crippen LogP) is 0.908. The van der Waals surface area contributed by atoms with E-state index in [2.05, 4.69) is 11.9 Å². The highest BCUT2D eigenvalue weighted by atomic mass is 35.5. The summed E-state index contributed by atoms with van der Waals surface area (Å²) in [6, 6.07) is 0. The van der Waals surface area contributed by atoms with E-state index in [1.165, 1.54) is 0 Å². The molecule has 4 heteroatoms. The van der Waals surface area contributed by atoms with Crippen LogP contribution in [-0.4, -0.2) is 38.9 Å². The number of aldehydes is 1. The van der Waals surface area contributed by atoms with E-state index in [4.69, 9.17) is 0 Å². The van der Waals surface area contributed by atoms with Gasteiger partial charge in [-0.25, -0.2) is 0 Å². The average molecular weight is 195 g/mol. The predicted molar refractivity (Wildman–Crippen MR) is 55.7 cm³/mol. The largest absolute Gasteiger partial charge is 0.383 e. The van der Waals surface area contributed by atoms with Crippen LogP contribution in [0.3, 0.4) is 0 Å². The monoisotopic (exact) mass is 194 g/mol. The third-order valence-electron chi connectivity index (χ3n) is 0.546. The maximum absolute atomic E-state index is 9.73. The number of halogens is 1. The lowest BCUT2D eigenvalue weighted by atomic mass is 10.5. The van der Waals surface area contributed by atoms with Crippen LogP contribution >= 0.6 is 12.4 Å². The number of carbonyl (C=O) groups is 1. The first kappa shape index (κ1) is 17.5. The molecular formula is C8H19ClN2O. The summed E-state index contributed by atoms with van der Waals surface area (Å²) in [4.78, 5) is 11.7. The first-order valence-corrected chi connectivity index (χ1v) is 3.53. The van der Waals surface area contributed by atoms with Crippen molar-refractivity contribution < 1.29 is 4.79 Å². The molecule has 0 aliphatic heterocycles. The Hall–Kier alpha value is -0.540. The lowest BCUT2D eigenvalue weighted by Crippen LogP contribution is -2.11. The maximum Gasteiger partial charge on any atom is 0.165 e. The van der Waals surface area contributed by atoms with Crippen LogP contribution in [0.1, 0.15) is 6.92 Å². The van der Waals surface area contributed by atoms with E-state index in [-0.39, 0.29) is 12.4 Å². The van der Waals surface area contributed by atoms with Gasteiger partial charge in [-0.3, -0.25) is 4.79 Å². The molecule has 1 N–H and O–H groups in total. The van der Waals surface area contributed by atoms with Crippen molar-refractivity contribution in [1.82, 2.24) is 10.2 Å². The van der Waals surface area contributed by atoms with Gasteiger partial charge in [0.25, 0.3) is 0 Å². The quantitative estimate of drug-likeness (QED) is 0.536. The molecule has 0 aromatic rings. The lowest BCUT2D eigenvalue weighted by Gasteiger charge is -1.94. The van der Waals surface area contributed by atoms with Crippen molar-refractivity contribution in [3.63, 3.8) is 0 Å². The van der Waals surface area contributed by atoms with Crippen LogP contribution in [0.5, 0.6) is 0 Å². The van der Waals surface area contributed by atoms with E-state index in [1.807, 2.05) is 33.0 Å². The summed E-state index contributed by atoms with van der Waals surface area (Å²) in [6.07, 6.45) is 0.698. The summed E-state index contributed by atoms with van der Waals surface area (Å²) < 4.78 is 0. The third-order valence-corrected chi connectivity index (χ3v) is 0.546. The van der Waals surface area contributed by atoms with Crippen molar-refractivity contribution in [2.45, 2.75) is 6.92 Å². The number of allylic oxidation sites excluding steroid dienone is 1. The standard InChI is InChI=1S/C5H9NO.C3H9N.ClH/c1-3-6-5(2)4-7;1-4(2)3;/h4,6H,2-3H2,1H3;1-3H3;1H. The summed E-state index contributed by atoms with van der Waals surface area (Å²) in [5.41, 5.74) is 0.447. The number of nitrogens with one attached hydrogen (secondary N) is 1. The van der Waals surface area contributed by atoms with E-state index >= 15 is 0 Å². The molecule has 0 saturated carbocycles. The fourth-order valence-corrected chi connectivity index (χ4v) is 0.269. The first-order valence-electron chi connectivity index (χ1n) is 3.53. The van der Waals surface area contributed by atoms with Crippen molar-refractivity contribution >= 4 is 18.7 Å². The molecule has 0 heterocycles. The van der Waals surface area contributed by atoms with Crippen molar-refractivity contribution in [1.29, 1.82) is 0 Å². The zero-order valence-electron chi connectivity index (χ0n) is 8.26. The fourth-order valence-electron chi connectivity index (χ4n) is 0.269. The number of nitrogens with zero attached hydrogens (tertiary/aromatic N) is 1. The molecule has 12 heavy (non-hydrogen) atoms. The van der Waals surface area contributed by atoms with Gasteiger partial charge in [0.1, 0.15) is 0 Å². The first-order chi connectivity index (χ1) is 5.04. The summed E-state index contributed by atoms with van der Waals surface area (Å²) in [5.74, 6) is 0. The average Bonchev–Trinajstić information content (AvgIpc) is 1.87. The molecule has 3 nitrogen and oxygen atoms in total. The molecule has 0 fully saturated rings. The molecule has 0 unspecified atom stereocenters. The van der Waals surface area contributed by atoms with Crippen molar-refractivity contribution in [3.05, 3.63) is 12.3 Å². The Morgan fingerprint density at radius 3 is 1.92 bits per heavy atom. The minimum absolute atomic E-state index is 0. The molecule has 0 amide bonds. The number of rotatable bonds is 3. The van der Waals surface area contributed by atoms with Gasteiger partial charge in [-0.2, -0.15) is 0 Å². The summed E-state index contributed by atoms with van der Waals surface area (Å²) in [6.45, 7) is 6.06. The van der Waals surface area contributed by atoms with Crippen LogP contribution in [0.4, 0.5) is 0 Å². The van der Waals surface area contributed by atoms with Crippen LogP contribution in [0, 0.1) is 0 Å². The molecule has 0 rings (SSSR count). The Morgan fingerprint density at radius 2 is 1.83 bits per heavy atom. The Kier molecular flexibility index (Phi) is 19.1. The van der Waals surface area contributed by atoms with Crippen LogP contribution in [0.15, 0.2) is 12.3 Å². The van der Waals surface area contributed by atoms with Crippen LogP contribution in [0.2, 0.25) is 0 Å².